The maximum atomic E-state index is 12.6. The second-order valence-corrected chi connectivity index (χ2v) is 6.93. The number of nitro groups is 1. The molecule has 0 aliphatic carbocycles. The quantitative estimate of drug-likeness (QED) is 0.338. The second-order valence-electron chi connectivity index (χ2n) is 6.93. The molecule has 0 bridgehead atoms. The first-order valence-electron chi connectivity index (χ1n) is 9.05. The molecule has 0 radical (unpaired) electrons. The van der Waals surface area contributed by atoms with Crippen molar-refractivity contribution in [3.8, 4) is 5.75 Å². The van der Waals surface area contributed by atoms with Gasteiger partial charge in [0, 0.05) is 19.4 Å². The topological polar surface area (TPSA) is 137 Å². The number of methoxy groups -OCH3 is 2. The molecule has 29 heavy (non-hydrogen) atoms. The Balaban J connectivity index is 3.07. The van der Waals surface area contributed by atoms with Crippen LogP contribution in [0.25, 0.3) is 0 Å². The molecule has 10 heteroatoms. The Labute approximate surface area is 169 Å². The fraction of sp³-hybridized carbons (Fsp3) is 0.526. The minimum absolute atomic E-state index is 0.0300. The largest absolute Gasteiger partial charge is 0.490 e. The van der Waals surface area contributed by atoms with E-state index in [2.05, 4.69) is 10.6 Å². The average Bonchev–Trinajstić information content (AvgIpc) is 2.65. The highest BCUT2D eigenvalue weighted by Gasteiger charge is 2.28. The lowest BCUT2D eigenvalue weighted by Gasteiger charge is -2.23. The van der Waals surface area contributed by atoms with E-state index in [0.717, 1.165) is 0 Å². The van der Waals surface area contributed by atoms with E-state index >= 15 is 0 Å². The molecular weight excluding hydrogens is 382 g/mol. The van der Waals surface area contributed by atoms with Gasteiger partial charge in [-0.25, -0.2) is 4.79 Å². The predicted octanol–water partition coefficient (Wildman–Crippen LogP) is 1.35. The minimum Gasteiger partial charge on any atom is -0.490 e. The van der Waals surface area contributed by atoms with E-state index in [9.17, 15) is 24.5 Å². The molecule has 0 aromatic heterocycles. The van der Waals surface area contributed by atoms with E-state index in [-0.39, 0.29) is 29.7 Å². The van der Waals surface area contributed by atoms with Crippen molar-refractivity contribution >= 4 is 23.5 Å². The van der Waals surface area contributed by atoms with E-state index < -0.39 is 28.9 Å². The van der Waals surface area contributed by atoms with E-state index in [1.54, 1.807) is 6.07 Å². The van der Waals surface area contributed by atoms with Gasteiger partial charge in [0.25, 0.3) is 0 Å². The van der Waals surface area contributed by atoms with Crippen LogP contribution in [-0.2, 0) is 25.5 Å². The zero-order valence-electron chi connectivity index (χ0n) is 17.2. The summed E-state index contributed by atoms with van der Waals surface area (Å²) in [6.45, 7) is 5.10. The number of ether oxygens (including phenoxy) is 2. The third-order valence-corrected chi connectivity index (χ3v) is 4.08. The first kappa shape index (κ1) is 23.9. The molecule has 0 fully saturated rings. The molecule has 0 saturated carbocycles. The molecule has 0 spiro atoms. The van der Waals surface area contributed by atoms with Gasteiger partial charge >= 0.3 is 11.7 Å². The zero-order valence-corrected chi connectivity index (χ0v) is 17.2. The highest BCUT2D eigenvalue weighted by Crippen LogP contribution is 2.28. The molecule has 160 valence electrons. The smallest absolute Gasteiger partial charge is 0.328 e. The fourth-order valence-electron chi connectivity index (χ4n) is 2.80. The monoisotopic (exact) mass is 409 g/mol. The Morgan fingerprint density at radius 1 is 1.14 bits per heavy atom. The van der Waals surface area contributed by atoms with Crippen molar-refractivity contribution in [1.29, 1.82) is 0 Å². The van der Waals surface area contributed by atoms with Crippen molar-refractivity contribution in [2.75, 3.05) is 14.2 Å². The van der Waals surface area contributed by atoms with Crippen molar-refractivity contribution in [1.82, 2.24) is 10.6 Å². The summed E-state index contributed by atoms with van der Waals surface area (Å²) in [4.78, 5) is 46.8. The number of amides is 2. The molecule has 1 aromatic carbocycles. The number of carbonyl (C=O) groups excluding carboxylic acids is 3. The van der Waals surface area contributed by atoms with E-state index in [0.29, 0.717) is 12.0 Å². The summed E-state index contributed by atoms with van der Waals surface area (Å²) in [6.07, 6.45) is 0.352. The van der Waals surface area contributed by atoms with Gasteiger partial charge in [-0.05, 0) is 24.0 Å². The number of nitro benzene ring substituents is 1. The molecular formula is C19H27N3O7. The van der Waals surface area contributed by atoms with Crippen LogP contribution in [-0.4, -0.2) is 49.0 Å². The third-order valence-electron chi connectivity index (χ3n) is 4.08. The van der Waals surface area contributed by atoms with Crippen molar-refractivity contribution in [2.45, 2.75) is 45.7 Å². The van der Waals surface area contributed by atoms with Gasteiger partial charge in [0.2, 0.25) is 11.8 Å². The Morgan fingerprint density at radius 2 is 1.79 bits per heavy atom. The van der Waals surface area contributed by atoms with E-state index in [1.807, 2.05) is 13.8 Å². The summed E-state index contributed by atoms with van der Waals surface area (Å²) in [7, 11) is 2.49. The molecule has 0 saturated heterocycles. The molecule has 0 aliphatic rings. The van der Waals surface area contributed by atoms with Gasteiger partial charge in [0.1, 0.15) is 12.1 Å². The number of nitrogens with zero attached hydrogens (tertiary/aromatic N) is 1. The summed E-state index contributed by atoms with van der Waals surface area (Å²) < 4.78 is 9.71. The number of nitrogens with one attached hydrogen (secondary N) is 2. The van der Waals surface area contributed by atoms with Crippen LogP contribution < -0.4 is 15.4 Å². The molecule has 0 heterocycles. The lowest BCUT2D eigenvalue weighted by atomic mass is 10.0. The summed E-state index contributed by atoms with van der Waals surface area (Å²) in [5.74, 6) is -1.40. The number of esters is 1. The Morgan fingerprint density at radius 3 is 2.28 bits per heavy atom. The molecule has 1 aromatic rings. The number of hydrogen-bond acceptors (Lipinski definition) is 7. The molecule has 1 rings (SSSR count). The van der Waals surface area contributed by atoms with Crippen LogP contribution in [0.4, 0.5) is 5.69 Å². The lowest BCUT2D eigenvalue weighted by Crippen LogP contribution is -2.52. The van der Waals surface area contributed by atoms with Crippen molar-refractivity contribution in [2.24, 2.45) is 5.92 Å². The third kappa shape index (κ3) is 7.40. The van der Waals surface area contributed by atoms with Gasteiger partial charge in [-0.15, -0.1) is 0 Å². The number of hydrogen-bond donors (Lipinski definition) is 2. The molecule has 2 amide bonds. The Hall–Kier alpha value is -3.17. The fourth-order valence-corrected chi connectivity index (χ4v) is 2.80. The van der Waals surface area contributed by atoms with Crippen LogP contribution in [0.15, 0.2) is 18.2 Å². The molecule has 10 nitrogen and oxygen atoms in total. The standard InChI is InChI=1S/C19H27N3O7/c1-11(2)8-14(20-12(3)23)18(24)21-15(19(25)29-5)9-13-6-7-17(28-4)16(10-13)22(26)27/h6-7,10-11,14-15H,8-9H2,1-5H3,(H,20,23)(H,21,24)/t14-,15-/m0/s1. The SMILES string of the molecule is COC(=O)[C@H](Cc1ccc(OC)c([N+](=O)[O-])c1)NC(=O)[C@H](CC(C)C)NC(C)=O. The van der Waals surface area contributed by atoms with E-state index in [4.69, 9.17) is 9.47 Å². The van der Waals surface area contributed by atoms with Crippen molar-refractivity contribution < 1.29 is 28.8 Å². The molecule has 0 unspecified atom stereocenters. The highest BCUT2D eigenvalue weighted by molar-refractivity contribution is 5.90. The summed E-state index contributed by atoms with van der Waals surface area (Å²) in [5, 5.41) is 16.3. The minimum atomic E-state index is -1.08. The molecule has 2 atom stereocenters. The first-order valence-corrected chi connectivity index (χ1v) is 9.05. The van der Waals surface area contributed by atoms with Crippen LogP contribution in [0.3, 0.4) is 0 Å². The summed E-state index contributed by atoms with van der Waals surface area (Å²) in [6, 6.07) is 2.37. The number of benzene rings is 1. The van der Waals surface area contributed by atoms with Crippen LogP contribution >= 0.6 is 0 Å². The van der Waals surface area contributed by atoms with Gasteiger partial charge in [-0.3, -0.25) is 19.7 Å². The van der Waals surface area contributed by atoms with Crippen LogP contribution in [0.2, 0.25) is 0 Å². The Bertz CT molecular complexity index is 764. The molecule has 2 N–H and O–H groups in total. The van der Waals surface area contributed by atoms with Crippen molar-refractivity contribution in [3.05, 3.63) is 33.9 Å². The van der Waals surface area contributed by atoms with Crippen LogP contribution in [0.5, 0.6) is 5.75 Å². The van der Waals surface area contributed by atoms with Gasteiger partial charge in [0.05, 0.1) is 19.1 Å². The highest BCUT2D eigenvalue weighted by atomic mass is 16.6. The lowest BCUT2D eigenvalue weighted by molar-refractivity contribution is -0.385. The maximum absolute atomic E-state index is 12.6. The van der Waals surface area contributed by atoms with Gasteiger partial charge in [0.15, 0.2) is 5.75 Å². The summed E-state index contributed by atoms with van der Waals surface area (Å²) in [5.41, 5.74) is 0.184. The average molecular weight is 409 g/mol. The number of carbonyl (C=O) groups is 3. The normalized spacial score (nSPS) is 12.6. The maximum Gasteiger partial charge on any atom is 0.328 e. The van der Waals surface area contributed by atoms with Gasteiger partial charge < -0.3 is 20.1 Å². The Kier molecular flexibility index (Phi) is 9.04. The van der Waals surface area contributed by atoms with Gasteiger partial charge in [-0.2, -0.15) is 0 Å². The van der Waals surface area contributed by atoms with Crippen molar-refractivity contribution in [3.63, 3.8) is 0 Å². The predicted molar refractivity (Wildman–Crippen MR) is 104 cm³/mol. The van der Waals surface area contributed by atoms with E-state index in [1.165, 1.54) is 33.3 Å². The number of rotatable bonds is 10. The summed E-state index contributed by atoms with van der Waals surface area (Å²) >= 11 is 0. The van der Waals surface area contributed by atoms with Crippen LogP contribution in [0.1, 0.15) is 32.8 Å². The first-order chi connectivity index (χ1) is 13.6. The second kappa shape index (κ2) is 11.0. The van der Waals surface area contributed by atoms with Crippen LogP contribution in [0, 0.1) is 16.0 Å². The molecule has 0 aliphatic heterocycles. The zero-order chi connectivity index (χ0) is 22.1. The van der Waals surface area contributed by atoms with Gasteiger partial charge in [-0.1, -0.05) is 19.9 Å².